The maximum Gasteiger partial charge on any atom is 0.338 e. The van der Waals surface area contributed by atoms with Crippen LogP contribution in [0.15, 0.2) is 48.5 Å². The average molecular weight is 413 g/mol. The van der Waals surface area contributed by atoms with Crippen molar-refractivity contribution in [2.75, 3.05) is 32.2 Å². The van der Waals surface area contributed by atoms with Crippen molar-refractivity contribution in [1.82, 2.24) is 0 Å². The topological polar surface area (TPSA) is 100 Å². The first-order valence-electron chi connectivity index (χ1n) is 9.55. The van der Waals surface area contributed by atoms with Crippen molar-refractivity contribution in [3.63, 3.8) is 0 Å². The average Bonchev–Trinajstić information content (AvgIpc) is 3.30. The minimum absolute atomic E-state index is 0.116. The lowest BCUT2D eigenvalue weighted by atomic mass is 10.2. The molecule has 1 saturated heterocycles. The van der Waals surface area contributed by atoms with Crippen molar-refractivity contribution in [2.45, 2.75) is 18.9 Å². The van der Waals surface area contributed by atoms with Gasteiger partial charge in [0, 0.05) is 12.3 Å². The Bertz CT molecular complexity index is 871. The lowest BCUT2D eigenvalue weighted by Crippen LogP contribution is -2.21. The molecule has 1 aliphatic heterocycles. The van der Waals surface area contributed by atoms with Crippen molar-refractivity contribution in [3.05, 3.63) is 59.7 Å². The van der Waals surface area contributed by atoms with Gasteiger partial charge in [-0.05, 0) is 61.4 Å². The molecule has 1 heterocycles. The fraction of sp³-hybridized carbons (Fsp3) is 0.318. The van der Waals surface area contributed by atoms with Crippen LogP contribution >= 0.6 is 0 Å². The van der Waals surface area contributed by atoms with Gasteiger partial charge in [-0.1, -0.05) is 0 Å². The van der Waals surface area contributed by atoms with Gasteiger partial charge < -0.3 is 24.3 Å². The number of methoxy groups -OCH3 is 1. The van der Waals surface area contributed by atoms with E-state index in [9.17, 15) is 14.4 Å². The summed E-state index contributed by atoms with van der Waals surface area (Å²) < 4.78 is 20.8. The summed E-state index contributed by atoms with van der Waals surface area (Å²) >= 11 is 0. The Morgan fingerprint density at radius 3 is 2.30 bits per heavy atom. The second kappa shape index (κ2) is 10.4. The third-order valence-corrected chi connectivity index (χ3v) is 4.47. The molecule has 2 aromatic carbocycles. The van der Waals surface area contributed by atoms with E-state index in [1.54, 1.807) is 36.4 Å². The van der Waals surface area contributed by atoms with Crippen molar-refractivity contribution in [1.29, 1.82) is 0 Å². The van der Waals surface area contributed by atoms with Crippen LogP contribution in [0.2, 0.25) is 0 Å². The smallest absolute Gasteiger partial charge is 0.338 e. The molecule has 1 aliphatic rings. The van der Waals surface area contributed by atoms with Crippen LogP contribution in [0.5, 0.6) is 5.75 Å². The Hall–Kier alpha value is -3.39. The molecular weight excluding hydrogens is 390 g/mol. The number of esters is 2. The number of amides is 1. The van der Waals surface area contributed by atoms with Gasteiger partial charge in [-0.3, -0.25) is 4.79 Å². The van der Waals surface area contributed by atoms with Crippen LogP contribution in [0.25, 0.3) is 0 Å². The van der Waals surface area contributed by atoms with Gasteiger partial charge in [0.15, 0.2) is 6.61 Å². The SMILES string of the molecule is COC(=O)c1ccc(NC(=O)COC(=O)c2ccc(OC[C@@H]3CCCO3)cc2)cc1. The first-order chi connectivity index (χ1) is 14.5. The standard InChI is InChI=1S/C22H23NO7/c1-27-21(25)15-4-8-17(9-5-15)23-20(24)14-30-22(26)16-6-10-18(11-7-16)29-13-19-3-2-12-28-19/h4-11,19H,2-3,12-14H2,1H3,(H,23,24)/t19-/m0/s1. The monoisotopic (exact) mass is 413 g/mol. The fourth-order valence-electron chi connectivity index (χ4n) is 2.87. The summed E-state index contributed by atoms with van der Waals surface area (Å²) in [5.41, 5.74) is 1.15. The summed E-state index contributed by atoms with van der Waals surface area (Å²) in [4.78, 5) is 35.5. The normalized spacial score (nSPS) is 15.3. The van der Waals surface area contributed by atoms with E-state index < -0.39 is 24.5 Å². The number of rotatable bonds is 8. The van der Waals surface area contributed by atoms with Crippen LogP contribution in [0.1, 0.15) is 33.6 Å². The molecule has 0 aromatic heterocycles. The van der Waals surface area contributed by atoms with Gasteiger partial charge in [0.1, 0.15) is 12.4 Å². The fourth-order valence-corrected chi connectivity index (χ4v) is 2.87. The van der Waals surface area contributed by atoms with Crippen LogP contribution < -0.4 is 10.1 Å². The third-order valence-electron chi connectivity index (χ3n) is 4.47. The van der Waals surface area contributed by atoms with Crippen LogP contribution in [-0.4, -0.2) is 50.9 Å². The maximum absolute atomic E-state index is 12.1. The molecule has 0 unspecified atom stereocenters. The summed E-state index contributed by atoms with van der Waals surface area (Å²) in [5, 5.41) is 2.59. The van der Waals surface area contributed by atoms with E-state index in [-0.39, 0.29) is 6.10 Å². The van der Waals surface area contributed by atoms with Gasteiger partial charge in [-0.15, -0.1) is 0 Å². The number of ether oxygens (including phenoxy) is 4. The zero-order valence-corrected chi connectivity index (χ0v) is 16.6. The van der Waals surface area contributed by atoms with Gasteiger partial charge in [0.2, 0.25) is 0 Å². The molecule has 0 spiro atoms. The molecule has 1 N–H and O–H groups in total. The molecule has 1 fully saturated rings. The first-order valence-corrected chi connectivity index (χ1v) is 9.55. The van der Waals surface area contributed by atoms with E-state index in [2.05, 4.69) is 10.1 Å². The molecule has 0 bridgehead atoms. The van der Waals surface area contributed by atoms with Gasteiger partial charge in [-0.25, -0.2) is 9.59 Å². The highest BCUT2D eigenvalue weighted by Gasteiger charge is 2.16. The minimum atomic E-state index is -0.614. The number of nitrogens with one attached hydrogen (secondary N) is 1. The Balaban J connectivity index is 1.42. The zero-order valence-electron chi connectivity index (χ0n) is 16.6. The molecule has 1 amide bonds. The Kier molecular flexibility index (Phi) is 7.40. The van der Waals surface area contributed by atoms with E-state index in [0.717, 1.165) is 19.4 Å². The van der Waals surface area contributed by atoms with Crippen LogP contribution in [-0.2, 0) is 19.0 Å². The highest BCUT2D eigenvalue weighted by atomic mass is 16.5. The summed E-state index contributed by atoms with van der Waals surface area (Å²) in [6.07, 6.45) is 2.15. The van der Waals surface area contributed by atoms with E-state index in [4.69, 9.17) is 14.2 Å². The van der Waals surface area contributed by atoms with E-state index in [0.29, 0.717) is 29.2 Å². The molecule has 8 nitrogen and oxygen atoms in total. The van der Waals surface area contributed by atoms with Crippen LogP contribution in [0.4, 0.5) is 5.69 Å². The van der Waals surface area contributed by atoms with E-state index in [1.807, 2.05) is 0 Å². The third kappa shape index (κ3) is 6.05. The Morgan fingerprint density at radius 2 is 1.67 bits per heavy atom. The molecule has 1 atom stereocenters. The molecule has 30 heavy (non-hydrogen) atoms. The summed E-state index contributed by atoms with van der Waals surface area (Å²) in [6.45, 7) is 0.810. The van der Waals surface area contributed by atoms with Crippen molar-refractivity contribution >= 4 is 23.5 Å². The number of anilines is 1. The van der Waals surface area contributed by atoms with Crippen LogP contribution in [0.3, 0.4) is 0 Å². The molecular formula is C22H23NO7. The summed E-state index contributed by atoms with van der Waals surface area (Å²) in [6, 6.07) is 12.7. The first kappa shape index (κ1) is 21.3. The number of carbonyl (C=O) groups is 3. The lowest BCUT2D eigenvalue weighted by Gasteiger charge is -2.11. The second-order valence-corrected chi connectivity index (χ2v) is 6.66. The molecule has 0 radical (unpaired) electrons. The second-order valence-electron chi connectivity index (χ2n) is 6.66. The maximum atomic E-state index is 12.1. The van der Waals surface area contributed by atoms with Gasteiger partial charge in [0.25, 0.3) is 5.91 Å². The lowest BCUT2D eigenvalue weighted by molar-refractivity contribution is -0.119. The molecule has 0 saturated carbocycles. The Labute approximate surface area is 174 Å². The van der Waals surface area contributed by atoms with Crippen LogP contribution in [0, 0.1) is 0 Å². The zero-order chi connectivity index (χ0) is 21.3. The van der Waals surface area contributed by atoms with Crippen molar-refractivity contribution in [2.24, 2.45) is 0 Å². The highest BCUT2D eigenvalue weighted by molar-refractivity contribution is 5.96. The van der Waals surface area contributed by atoms with Crippen molar-refractivity contribution in [3.8, 4) is 5.75 Å². The van der Waals surface area contributed by atoms with Gasteiger partial charge in [-0.2, -0.15) is 0 Å². The predicted molar refractivity (Wildman–Crippen MR) is 108 cm³/mol. The van der Waals surface area contributed by atoms with Gasteiger partial charge in [0.05, 0.1) is 24.3 Å². The van der Waals surface area contributed by atoms with Crippen molar-refractivity contribution < 1.29 is 33.3 Å². The van der Waals surface area contributed by atoms with E-state index >= 15 is 0 Å². The predicted octanol–water partition coefficient (Wildman–Crippen LogP) is 2.83. The van der Waals surface area contributed by atoms with E-state index in [1.165, 1.54) is 19.2 Å². The summed E-state index contributed by atoms with van der Waals surface area (Å²) in [5.74, 6) is -0.942. The molecule has 158 valence electrons. The largest absolute Gasteiger partial charge is 0.491 e. The number of carbonyl (C=O) groups excluding carboxylic acids is 3. The molecule has 2 aromatic rings. The quantitative estimate of drug-likeness (QED) is 0.664. The molecule has 8 heteroatoms. The number of hydrogen-bond acceptors (Lipinski definition) is 7. The molecule has 0 aliphatic carbocycles. The number of benzene rings is 2. The highest BCUT2D eigenvalue weighted by Crippen LogP contribution is 2.17. The van der Waals surface area contributed by atoms with Gasteiger partial charge >= 0.3 is 11.9 Å². The summed E-state index contributed by atoms with van der Waals surface area (Å²) in [7, 11) is 1.29. The molecule has 3 rings (SSSR count). The minimum Gasteiger partial charge on any atom is -0.491 e. The number of hydrogen-bond donors (Lipinski definition) is 1. The Morgan fingerprint density at radius 1 is 1.00 bits per heavy atom.